The molecule has 114 valence electrons. The average molecular weight is 270 g/mol. The van der Waals surface area contributed by atoms with Crippen LogP contribution in [-0.2, 0) is 4.74 Å². The van der Waals surface area contributed by atoms with E-state index in [1.54, 1.807) is 0 Å². The summed E-state index contributed by atoms with van der Waals surface area (Å²) in [6.45, 7) is 16.7. The van der Waals surface area contributed by atoms with Crippen molar-refractivity contribution in [3.05, 3.63) is 0 Å². The topological polar surface area (TPSA) is 24.5 Å². The van der Waals surface area contributed by atoms with Gasteiger partial charge in [-0.1, -0.05) is 34.1 Å². The summed E-state index contributed by atoms with van der Waals surface area (Å²) in [5.41, 5.74) is 0. The lowest BCUT2D eigenvalue weighted by Crippen LogP contribution is -2.60. The number of nitrogens with zero attached hydrogens (tertiary/aromatic N) is 1. The van der Waals surface area contributed by atoms with Crippen molar-refractivity contribution in [2.24, 2.45) is 11.8 Å². The molecule has 1 heterocycles. The van der Waals surface area contributed by atoms with Crippen molar-refractivity contribution < 1.29 is 4.74 Å². The summed E-state index contributed by atoms with van der Waals surface area (Å²) in [6.07, 6.45) is 2.42. The van der Waals surface area contributed by atoms with E-state index in [9.17, 15) is 0 Å². The van der Waals surface area contributed by atoms with Gasteiger partial charge in [0.25, 0.3) is 0 Å². The van der Waals surface area contributed by atoms with Crippen molar-refractivity contribution in [1.29, 1.82) is 0 Å². The molecule has 1 fully saturated rings. The summed E-state index contributed by atoms with van der Waals surface area (Å²) in [7, 11) is 0. The number of rotatable bonds is 8. The number of hydrogen-bond donors (Lipinski definition) is 1. The third-order valence-corrected chi connectivity index (χ3v) is 4.53. The van der Waals surface area contributed by atoms with Gasteiger partial charge in [0.1, 0.15) is 0 Å². The van der Waals surface area contributed by atoms with Crippen LogP contribution in [0.2, 0.25) is 0 Å². The van der Waals surface area contributed by atoms with Gasteiger partial charge in [-0.05, 0) is 25.2 Å². The molecule has 0 saturated carbocycles. The van der Waals surface area contributed by atoms with Gasteiger partial charge in [-0.3, -0.25) is 4.90 Å². The van der Waals surface area contributed by atoms with E-state index in [1.807, 2.05) is 0 Å². The minimum atomic E-state index is 0.646. The fourth-order valence-corrected chi connectivity index (χ4v) is 2.90. The predicted molar refractivity (Wildman–Crippen MR) is 82.6 cm³/mol. The van der Waals surface area contributed by atoms with E-state index in [2.05, 4.69) is 44.8 Å². The first-order valence-corrected chi connectivity index (χ1v) is 8.15. The van der Waals surface area contributed by atoms with Crippen LogP contribution in [0.15, 0.2) is 0 Å². The van der Waals surface area contributed by atoms with Crippen molar-refractivity contribution >= 4 is 0 Å². The first-order valence-electron chi connectivity index (χ1n) is 8.15. The molecule has 3 nitrogen and oxygen atoms in total. The van der Waals surface area contributed by atoms with Crippen molar-refractivity contribution in [2.75, 3.05) is 32.8 Å². The van der Waals surface area contributed by atoms with Crippen LogP contribution in [0.4, 0.5) is 0 Å². The van der Waals surface area contributed by atoms with E-state index in [0.29, 0.717) is 18.0 Å². The Bertz CT molecular complexity index is 233. The molecular formula is C16H34N2O. The minimum absolute atomic E-state index is 0.646. The third-order valence-electron chi connectivity index (χ3n) is 4.53. The Labute approximate surface area is 120 Å². The second-order valence-corrected chi connectivity index (χ2v) is 6.26. The highest BCUT2D eigenvalue weighted by molar-refractivity contribution is 4.89. The van der Waals surface area contributed by atoms with Gasteiger partial charge < -0.3 is 10.1 Å². The highest BCUT2D eigenvalue weighted by atomic mass is 16.5. The zero-order chi connectivity index (χ0) is 14.3. The molecule has 0 aromatic carbocycles. The number of hydrogen-bond acceptors (Lipinski definition) is 3. The summed E-state index contributed by atoms with van der Waals surface area (Å²) >= 11 is 0. The van der Waals surface area contributed by atoms with Crippen molar-refractivity contribution in [2.45, 2.75) is 59.5 Å². The Balaban J connectivity index is 2.50. The van der Waals surface area contributed by atoms with E-state index >= 15 is 0 Å². The van der Waals surface area contributed by atoms with Gasteiger partial charge in [0.15, 0.2) is 0 Å². The number of ether oxygens (including phenoxy) is 1. The van der Waals surface area contributed by atoms with Gasteiger partial charge in [0.05, 0.1) is 0 Å². The molecule has 0 aromatic heterocycles. The molecule has 0 spiro atoms. The monoisotopic (exact) mass is 270 g/mol. The zero-order valence-electron chi connectivity index (χ0n) is 13.6. The van der Waals surface area contributed by atoms with Crippen LogP contribution in [0.25, 0.3) is 0 Å². The summed E-state index contributed by atoms with van der Waals surface area (Å²) in [6, 6.07) is 1.34. The van der Waals surface area contributed by atoms with Crippen LogP contribution in [0.3, 0.4) is 0 Å². The maximum absolute atomic E-state index is 5.48. The quantitative estimate of drug-likeness (QED) is 0.686. The van der Waals surface area contributed by atoms with Gasteiger partial charge in [-0.15, -0.1) is 0 Å². The van der Waals surface area contributed by atoms with Gasteiger partial charge in [0, 0.05) is 44.9 Å². The maximum Gasteiger partial charge on any atom is 0.0478 e. The summed E-state index contributed by atoms with van der Waals surface area (Å²) in [5.74, 6) is 1.49. The zero-order valence-corrected chi connectivity index (χ0v) is 13.6. The van der Waals surface area contributed by atoms with E-state index in [4.69, 9.17) is 4.74 Å². The number of piperazine rings is 1. The Morgan fingerprint density at radius 3 is 2.58 bits per heavy atom. The van der Waals surface area contributed by atoms with Crippen molar-refractivity contribution in [3.8, 4) is 0 Å². The predicted octanol–water partition coefficient (Wildman–Crippen LogP) is 2.76. The lowest BCUT2D eigenvalue weighted by Gasteiger charge is -2.44. The highest BCUT2D eigenvalue weighted by Crippen LogP contribution is 2.20. The molecule has 3 atom stereocenters. The third kappa shape index (κ3) is 5.41. The van der Waals surface area contributed by atoms with Gasteiger partial charge in [-0.25, -0.2) is 0 Å². The molecule has 0 amide bonds. The molecule has 1 aliphatic heterocycles. The highest BCUT2D eigenvalue weighted by Gasteiger charge is 2.31. The lowest BCUT2D eigenvalue weighted by molar-refractivity contribution is 0.0640. The van der Waals surface area contributed by atoms with E-state index in [1.165, 1.54) is 19.5 Å². The fraction of sp³-hybridized carbons (Fsp3) is 1.00. The standard InChI is InChI=1S/C16H34N2O/c1-6-14(5)16-11-17-15(13(3)4)12-18(16)9-8-10-19-7-2/h13-17H,6-12H2,1-5H3. The molecule has 19 heavy (non-hydrogen) atoms. The van der Waals surface area contributed by atoms with Gasteiger partial charge >= 0.3 is 0 Å². The largest absolute Gasteiger partial charge is 0.382 e. The Kier molecular flexibility index (Phi) is 7.96. The van der Waals surface area contributed by atoms with Crippen molar-refractivity contribution in [3.63, 3.8) is 0 Å². The summed E-state index contributed by atoms with van der Waals surface area (Å²) < 4.78 is 5.48. The molecular weight excluding hydrogens is 236 g/mol. The second kappa shape index (κ2) is 8.93. The Hall–Kier alpha value is -0.120. The molecule has 1 aliphatic rings. The smallest absolute Gasteiger partial charge is 0.0478 e. The van der Waals surface area contributed by atoms with Crippen molar-refractivity contribution in [1.82, 2.24) is 10.2 Å². The molecule has 0 aromatic rings. The van der Waals surface area contributed by atoms with Crippen LogP contribution in [0, 0.1) is 11.8 Å². The molecule has 0 aliphatic carbocycles. The molecule has 0 radical (unpaired) electrons. The molecule has 0 bridgehead atoms. The van der Waals surface area contributed by atoms with E-state index in [0.717, 1.165) is 32.1 Å². The van der Waals surface area contributed by atoms with Crippen LogP contribution in [0.1, 0.15) is 47.5 Å². The normalized spacial score (nSPS) is 26.8. The molecule has 3 heteroatoms. The number of nitrogens with one attached hydrogen (secondary N) is 1. The first kappa shape index (κ1) is 16.9. The van der Waals surface area contributed by atoms with Gasteiger partial charge in [0.2, 0.25) is 0 Å². The maximum atomic E-state index is 5.48. The summed E-state index contributed by atoms with van der Waals surface area (Å²) in [4.78, 5) is 2.70. The SMILES string of the molecule is CCOCCCN1CC(C(C)C)NCC1C(C)CC. The van der Waals surface area contributed by atoms with Gasteiger partial charge in [-0.2, -0.15) is 0 Å². The lowest BCUT2D eigenvalue weighted by atomic mass is 9.91. The van der Waals surface area contributed by atoms with E-state index in [-0.39, 0.29) is 0 Å². The summed E-state index contributed by atoms with van der Waals surface area (Å²) in [5, 5.41) is 3.74. The Morgan fingerprint density at radius 2 is 2.00 bits per heavy atom. The van der Waals surface area contributed by atoms with Crippen LogP contribution in [0.5, 0.6) is 0 Å². The average Bonchev–Trinajstić information content (AvgIpc) is 2.42. The molecule has 3 unspecified atom stereocenters. The van der Waals surface area contributed by atoms with Crippen LogP contribution < -0.4 is 5.32 Å². The minimum Gasteiger partial charge on any atom is -0.382 e. The molecule has 1 N–H and O–H groups in total. The van der Waals surface area contributed by atoms with E-state index < -0.39 is 0 Å². The second-order valence-electron chi connectivity index (χ2n) is 6.26. The first-order chi connectivity index (χ1) is 9.10. The Morgan fingerprint density at radius 1 is 1.26 bits per heavy atom. The molecule has 1 saturated heterocycles. The van der Waals surface area contributed by atoms with Crippen LogP contribution >= 0.6 is 0 Å². The fourth-order valence-electron chi connectivity index (χ4n) is 2.90. The molecule has 1 rings (SSSR count). The van der Waals surface area contributed by atoms with Crippen LogP contribution in [-0.4, -0.2) is 49.8 Å².